The number of fused-ring (bicyclic) bond motifs is 2. The van der Waals surface area contributed by atoms with Gasteiger partial charge in [0.05, 0.1) is 53.5 Å². The summed E-state index contributed by atoms with van der Waals surface area (Å²) in [5.74, 6) is 1.03. The molecule has 1 fully saturated rings. The van der Waals surface area contributed by atoms with Gasteiger partial charge in [-0.2, -0.15) is 5.26 Å². The van der Waals surface area contributed by atoms with Crippen molar-refractivity contribution in [3.63, 3.8) is 0 Å². The van der Waals surface area contributed by atoms with Gasteiger partial charge >= 0.3 is 0 Å². The number of alkyl halides is 2. The van der Waals surface area contributed by atoms with Crippen LogP contribution in [0, 0.1) is 30.1 Å². The molecule has 4 aromatic heterocycles. The van der Waals surface area contributed by atoms with Crippen LogP contribution < -0.4 is 15.2 Å². The predicted octanol–water partition coefficient (Wildman–Crippen LogP) is 5.20. The average Bonchev–Trinajstić information content (AvgIpc) is 3.57. The number of anilines is 1. The summed E-state index contributed by atoms with van der Waals surface area (Å²) in [5.41, 5.74) is 0.612. The van der Waals surface area contributed by atoms with Gasteiger partial charge in [0.1, 0.15) is 23.3 Å². The Balaban J connectivity index is 1.38. The van der Waals surface area contributed by atoms with Crippen LogP contribution in [0.1, 0.15) is 55.3 Å². The van der Waals surface area contributed by atoms with Gasteiger partial charge in [-0.1, -0.05) is 23.4 Å². The number of thiophene rings is 1. The monoisotopic (exact) mass is 784 g/mol. The lowest BCUT2D eigenvalue weighted by Crippen LogP contribution is -2.46. The molecule has 0 saturated carbocycles. The van der Waals surface area contributed by atoms with E-state index in [-0.39, 0.29) is 34.4 Å². The Morgan fingerprint density at radius 2 is 2.04 bits per heavy atom. The first-order valence-electron chi connectivity index (χ1n) is 18.8. The number of nitriles is 1. The number of aromatic nitrogens is 4. The summed E-state index contributed by atoms with van der Waals surface area (Å²) in [7, 11) is -3.85. The van der Waals surface area contributed by atoms with E-state index in [0.29, 0.717) is 38.2 Å². The third kappa shape index (κ3) is 8.16. The highest BCUT2D eigenvalue weighted by Gasteiger charge is 2.31. The number of amides is 1. The van der Waals surface area contributed by atoms with Crippen LogP contribution in [0.2, 0.25) is 5.02 Å². The number of rotatable bonds is 8. The molecule has 5 aromatic rings. The number of carbonyl (C=O) groups excluding carboxylic acids is 1. The van der Waals surface area contributed by atoms with E-state index in [1.807, 2.05) is 10.8 Å². The van der Waals surface area contributed by atoms with E-state index in [2.05, 4.69) is 26.8 Å². The molecular formula is C36H33ClF2N8O4S2. The zero-order chi connectivity index (χ0) is 43.5. The van der Waals surface area contributed by atoms with E-state index in [9.17, 15) is 33.4 Å². The molecule has 1 N–H and O–H groups in total. The molecule has 1 aromatic carbocycles. The number of hydrogen-bond donors (Lipinski definition) is 1. The zero-order valence-electron chi connectivity index (χ0n) is 34.3. The van der Waals surface area contributed by atoms with Crippen molar-refractivity contribution in [2.24, 2.45) is 0 Å². The number of aryl methyl sites for hydroxylation is 1. The number of nitrogens with one attached hydrogen (secondary N) is 1. The zero-order valence-corrected chi connectivity index (χ0v) is 30.7. The Morgan fingerprint density at radius 1 is 1.28 bits per heavy atom. The maximum atomic E-state index is 14.2. The lowest BCUT2D eigenvalue weighted by Gasteiger charge is -2.38. The highest BCUT2D eigenvalue weighted by Crippen LogP contribution is 2.36. The molecule has 1 saturated heterocycles. The molecule has 0 unspecified atom stereocenters. The SMILES string of the molecule is [2H]C([2H])([2H])N(c1ncc2nc(C)n(CC#Cc3ccc(Cl)cc3-c3ccnc4c(C(=O)NS(C)(=O)=O)csc34)c(=O)c2c1C#N)C1([2H])CCN(C([2H])([2H])C(C)(F)F)CC1. The summed E-state index contributed by atoms with van der Waals surface area (Å²) in [6.45, 7) is -5.31. The van der Waals surface area contributed by atoms with Crippen molar-refractivity contribution in [2.75, 3.05) is 37.7 Å². The number of piperidine rings is 1. The molecule has 0 spiro atoms. The third-order valence-corrected chi connectivity index (χ3v) is 10.0. The van der Waals surface area contributed by atoms with Crippen LogP contribution in [0.25, 0.3) is 32.2 Å². The standard InChI is InChI=1S/C36H33ClF2N8O4S2/c1-21-43-29-18-42-33(45(3)24-10-14-46(15-11-24)20-36(2,38)39)27(17-40)30(29)35(49)47(21)13-5-6-22-7-8-23(37)16-26(22)25-9-12-41-31-28(19-52-32(25)31)34(48)44-53(4,50)51/h7-9,12,16,18-19,24H,10-11,13-15,20H2,1-4H3,(H,44,48)/i3D3,20D2,24D. The fourth-order valence-corrected chi connectivity index (χ4v) is 7.54. The third-order valence-electron chi connectivity index (χ3n) is 8.21. The van der Waals surface area contributed by atoms with Crippen molar-refractivity contribution in [1.29, 1.82) is 5.26 Å². The molecule has 6 rings (SSSR count). The minimum absolute atomic E-state index is 0.0306. The van der Waals surface area contributed by atoms with Crippen molar-refractivity contribution in [1.82, 2.24) is 29.1 Å². The molecule has 0 radical (unpaired) electrons. The molecule has 0 aliphatic carbocycles. The molecule has 12 nitrogen and oxygen atoms in total. The largest absolute Gasteiger partial charge is 0.355 e. The minimum atomic E-state index is -3.85. The quantitative estimate of drug-likeness (QED) is 0.208. The van der Waals surface area contributed by atoms with Gasteiger partial charge in [-0.25, -0.2) is 31.9 Å². The molecule has 5 heterocycles. The van der Waals surface area contributed by atoms with Gasteiger partial charge in [-0.15, -0.1) is 11.3 Å². The number of likely N-dealkylation sites (tertiary alicyclic amines) is 1. The van der Waals surface area contributed by atoms with Crippen molar-refractivity contribution >= 4 is 65.8 Å². The predicted molar refractivity (Wildman–Crippen MR) is 201 cm³/mol. The molecule has 274 valence electrons. The second-order valence-electron chi connectivity index (χ2n) is 12.1. The van der Waals surface area contributed by atoms with Crippen LogP contribution in [-0.4, -0.2) is 83.5 Å². The van der Waals surface area contributed by atoms with Crippen LogP contribution in [0.4, 0.5) is 14.6 Å². The number of benzene rings is 1. The fourth-order valence-electron chi connectivity index (χ4n) is 5.89. The van der Waals surface area contributed by atoms with Gasteiger partial charge in [-0.3, -0.25) is 24.0 Å². The Labute approximate surface area is 321 Å². The fraction of sp³-hybridized carbons (Fsp3) is 0.333. The highest BCUT2D eigenvalue weighted by atomic mass is 35.5. The molecule has 0 atom stereocenters. The number of carbonyl (C=O) groups is 1. The van der Waals surface area contributed by atoms with Gasteiger partial charge in [0.15, 0.2) is 0 Å². The number of sulfonamides is 1. The second-order valence-corrected chi connectivity index (χ2v) is 15.2. The van der Waals surface area contributed by atoms with E-state index in [0.717, 1.165) is 28.7 Å². The van der Waals surface area contributed by atoms with Crippen LogP contribution >= 0.6 is 22.9 Å². The maximum Gasteiger partial charge on any atom is 0.267 e. The Hall–Kier alpha value is -5.00. The van der Waals surface area contributed by atoms with Crippen molar-refractivity contribution in [2.45, 2.75) is 45.2 Å². The number of halogens is 3. The van der Waals surface area contributed by atoms with Gasteiger partial charge < -0.3 is 4.90 Å². The summed E-state index contributed by atoms with van der Waals surface area (Å²) in [6.07, 6.45) is 2.59. The Kier molecular flexibility index (Phi) is 8.50. The first-order chi connectivity index (χ1) is 27.4. The molecular weight excluding hydrogens is 746 g/mol. The van der Waals surface area contributed by atoms with E-state index in [4.69, 9.17) is 18.5 Å². The number of nitrogens with zero attached hydrogens (tertiary/aromatic N) is 7. The van der Waals surface area contributed by atoms with E-state index in [1.54, 1.807) is 24.3 Å². The van der Waals surface area contributed by atoms with Crippen molar-refractivity contribution in [3.8, 4) is 29.0 Å². The summed E-state index contributed by atoms with van der Waals surface area (Å²) < 4.78 is 105. The van der Waals surface area contributed by atoms with Gasteiger partial charge in [-0.05, 0) is 44.0 Å². The lowest BCUT2D eigenvalue weighted by molar-refractivity contribution is -0.0198. The van der Waals surface area contributed by atoms with Crippen LogP contribution in [0.5, 0.6) is 0 Å². The van der Waals surface area contributed by atoms with Crippen molar-refractivity contribution < 1.29 is 30.2 Å². The second kappa shape index (κ2) is 14.8. The number of hydrogen-bond acceptors (Lipinski definition) is 11. The first-order valence-corrected chi connectivity index (χ1v) is 18.9. The topological polar surface area (TPSA) is 154 Å². The Morgan fingerprint density at radius 3 is 2.72 bits per heavy atom. The summed E-state index contributed by atoms with van der Waals surface area (Å²) >= 11 is 7.55. The van der Waals surface area contributed by atoms with Crippen LogP contribution in [0.15, 0.2) is 46.8 Å². The minimum Gasteiger partial charge on any atom is -0.355 e. The smallest absolute Gasteiger partial charge is 0.267 e. The highest BCUT2D eigenvalue weighted by molar-refractivity contribution is 7.89. The lowest BCUT2D eigenvalue weighted by atomic mass is 10.00. The summed E-state index contributed by atoms with van der Waals surface area (Å²) in [5, 5.41) is 12.0. The molecule has 1 aliphatic rings. The molecule has 17 heteroatoms. The van der Waals surface area contributed by atoms with E-state index >= 15 is 0 Å². The van der Waals surface area contributed by atoms with Crippen molar-refractivity contribution in [3.05, 3.63) is 79.9 Å². The maximum absolute atomic E-state index is 14.2. The normalized spacial score (nSPS) is 16.9. The van der Waals surface area contributed by atoms with E-state index < -0.39 is 84.2 Å². The first kappa shape index (κ1) is 30.5. The average molecular weight is 785 g/mol. The van der Waals surface area contributed by atoms with Crippen LogP contribution in [0.3, 0.4) is 0 Å². The molecule has 1 amide bonds. The van der Waals surface area contributed by atoms with Gasteiger partial charge in [0.25, 0.3) is 17.4 Å². The van der Waals surface area contributed by atoms with Gasteiger partial charge in [0, 0.05) is 73.2 Å². The summed E-state index contributed by atoms with van der Waals surface area (Å²) in [4.78, 5) is 41.3. The molecule has 0 bridgehead atoms. The van der Waals surface area contributed by atoms with E-state index in [1.165, 1.54) is 23.1 Å². The van der Waals surface area contributed by atoms with Crippen LogP contribution in [-0.2, 0) is 16.6 Å². The Bertz CT molecular complexity index is 2810. The molecule has 1 aliphatic heterocycles. The van der Waals surface area contributed by atoms with Gasteiger partial charge in [0.2, 0.25) is 10.0 Å². The molecule has 53 heavy (non-hydrogen) atoms. The number of pyridine rings is 2. The summed E-state index contributed by atoms with van der Waals surface area (Å²) in [6, 6.07) is 6.37.